The molecule has 0 aliphatic carbocycles. The Morgan fingerprint density at radius 2 is 2.23 bits per heavy atom. The van der Waals surface area contributed by atoms with Gasteiger partial charge in [0.1, 0.15) is 16.9 Å². The molecular weight excluding hydrogens is 300 g/mol. The SMILES string of the molecule is C[C@H]1Cc2cc(C(=O)NC(C)(C)c3nnc(N)s3)ccc2O1. The maximum Gasteiger partial charge on any atom is 0.252 e. The molecule has 7 heteroatoms. The van der Waals surface area contributed by atoms with Crippen LogP contribution in [-0.4, -0.2) is 22.2 Å². The van der Waals surface area contributed by atoms with Gasteiger partial charge < -0.3 is 15.8 Å². The van der Waals surface area contributed by atoms with Crippen molar-refractivity contribution < 1.29 is 9.53 Å². The van der Waals surface area contributed by atoms with E-state index in [1.807, 2.05) is 32.9 Å². The first-order valence-electron chi connectivity index (χ1n) is 7.07. The molecule has 1 aliphatic heterocycles. The molecule has 1 aromatic heterocycles. The van der Waals surface area contributed by atoms with Crippen LogP contribution in [0.15, 0.2) is 18.2 Å². The van der Waals surface area contributed by atoms with Crippen molar-refractivity contribution in [1.29, 1.82) is 0 Å². The third-order valence-electron chi connectivity index (χ3n) is 3.56. The minimum Gasteiger partial charge on any atom is -0.490 e. The topological polar surface area (TPSA) is 90.1 Å². The lowest BCUT2D eigenvalue weighted by molar-refractivity contribution is 0.0911. The second-order valence-corrected chi connectivity index (χ2v) is 6.99. The Morgan fingerprint density at radius 1 is 1.45 bits per heavy atom. The van der Waals surface area contributed by atoms with Crippen molar-refractivity contribution >= 4 is 22.4 Å². The monoisotopic (exact) mass is 318 g/mol. The number of carbonyl (C=O) groups excluding carboxylic acids is 1. The number of carbonyl (C=O) groups is 1. The van der Waals surface area contributed by atoms with Gasteiger partial charge in [-0.1, -0.05) is 11.3 Å². The first kappa shape index (κ1) is 14.8. The average molecular weight is 318 g/mol. The summed E-state index contributed by atoms with van der Waals surface area (Å²) in [5.41, 5.74) is 6.66. The maximum absolute atomic E-state index is 12.5. The van der Waals surface area contributed by atoms with Gasteiger partial charge in [0.2, 0.25) is 5.13 Å². The highest BCUT2D eigenvalue weighted by atomic mass is 32.1. The van der Waals surface area contributed by atoms with E-state index in [9.17, 15) is 4.79 Å². The van der Waals surface area contributed by atoms with Crippen LogP contribution in [0, 0.1) is 0 Å². The number of benzene rings is 1. The zero-order valence-electron chi connectivity index (χ0n) is 12.7. The van der Waals surface area contributed by atoms with E-state index in [1.54, 1.807) is 6.07 Å². The summed E-state index contributed by atoms with van der Waals surface area (Å²) in [7, 11) is 0. The second-order valence-electron chi connectivity index (χ2n) is 5.98. The van der Waals surface area contributed by atoms with Gasteiger partial charge in [-0.3, -0.25) is 4.79 Å². The number of amides is 1. The third-order valence-corrected chi connectivity index (χ3v) is 4.64. The third kappa shape index (κ3) is 2.76. The average Bonchev–Trinajstić information content (AvgIpc) is 3.02. The summed E-state index contributed by atoms with van der Waals surface area (Å²) in [6.07, 6.45) is 0.987. The second kappa shape index (κ2) is 5.24. The van der Waals surface area contributed by atoms with Crippen molar-refractivity contribution in [3.8, 4) is 5.75 Å². The fourth-order valence-corrected chi connectivity index (χ4v) is 3.13. The van der Waals surface area contributed by atoms with E-state index in [0.29, 0.717) is 15.7 Å². The smallest absolute Gasteiger partial charge is 0.252 e. The molecule has 3 rings (SSSR count). The molecule has 2 aromatic rings. The van der Waals surface area contributed by atoms with Crippen molar-refractivity contribution in [2.24, 2.45) is 0 Å². The number of hydrogen-bond acceptors (Lipinski definition) is 6. The minimum atomic E-state index is -0.630. The number of nitrogens with zero attached hydrogens (tertiary/aromatic N) is 2. The highest BCUT2D eigenvalue weighted by Gasteiger charge is 2.28. The van der Waals surface area contributed by atoms with E-state index in [2.05, 4.69) is 15.5 Å². The molecule has 0 fully saturated rings. The zero-order valence-corrected chi connectivity index (χ0v) is 13.5. The molecule has 6 nitrogen and oxygen atoms in total. The number of nitrogens with one attached hydrogen (secondary N) is 1. The van der Waals surface area contributed by atoms with Gasteiger partial charge in [-0.15, -0.1) is 10.2 Å². The molecule has 0 unspecified atom stereocenters. The summed E-state index contributed by atoms with van der Waals surface area (Å²) in [5, 5.41) is 11.9. The van der Waals surface area contributed by atoms with Crippen LogP contribution in [0.1, 0.15) is 41.7 Å². The van der Waals surface area contributed by atoms with Crippen LogP contribution in [-0.2, 0) is 12.0 Å². The zero-order chi connectivity index (χ0) is 15.9. The lowest BCUT2D eigenvalue weighted by Crippen LogP contribution is -2.41. The lowest BCUT2D eigenvalue weighted by Gasteiger charge is -2.23. The van der Waals surface area contributed by atoms with Crippen molar-refractivity contribution in [1.82, 2.24) is 15.5 Å². The molecule has 0 saturated heterocycles. The van der Waals surface area contributed by atoms with E-state index in [4.69, 9.17) is 10.5 Å². The maximum atomic E-state index is 12.5. The van der Waals surface area contributed by atoms with Crippen LogP contribution in [0.2, 0.25) is 0 Å². The molecule has 1 amide bonds. The summed E-state index contributed by atoms with van der Waals surface area (Å²) in [6, 6.07) is 5.51. The van der Waals surface area contributed by atoms with Crippen LogP contribution < -0.4 is 15.8 Å². The molecule has 0 bridgehead atoms. The van der Waals surface area contributed by atoms with Crippen molar-refractivity contribution in [3.05, 3.63) is 34.3 Å². The number of hydrogen-bond donors (Lipinski definition) is 2. The molecule has 22 heavy (non-hydrogen) atoms. The fourth-order valence-electron chi connectivity index (χ4n) is 2.46. The fraction of sp³-hybridized carbons (Fsp3) is 0.400. The number of rotatable bonds is 3. The van der Waals surface area contributed by atoms with E-state index in [-0.39, 0.29) is 12.0 Å². The number of anilines is 1. The summed E-state index contributed by atoms with van der Waals surface area (Å²) < 4.78 is 5.65. The van der Waals surface area contributed by atoms with E-state index < -0.39 is 5.54 Å². The highest BCUT2D eigenvalue weighted by molar-refractivity contribution is 7.15. The summed E-state index contributed by atoms with van der Waals surface area (Å²) in [6.45, 7) is 5.77. The van der Waals surface area contributed by atoms with E-state index in [0.717, 1.165) is 17.7 Å². The number of fused-ring (bicyclic) bond motifs is 1. The van der Waals surface area contributed by atoms with E-state index in [1.165, 1.54) is 11.3 Å². The van der Waals surface area contributed by atoms with Gasteiger partial charge in [0.05, 0.1) is 5.54 Å². The van der Waals surface area contributed by atoms with Crippen molar-refractivity contribution in [2.75, 3.05) is 5.73 Å². The molecular formula is C15H18N4O2S. The van der Waals surface area contributed by atoms with Crippen LogP contribution in [0.3, 0.4) is 0 Å². The van der Waals surface area contributed by atoms with Gasteiger partial charge in [0, 0.05) is 12.0 Å². The van der Waals surface area contributed by atoms with Crippen LogP contribution in [0.25, 0.3) is 0 Å². The first-order valence-corrected chi connectivity index (χ1v) is 7.88. The van der Waals surface area contributed by atoms with Gasteiger partial charge in [-0.2, -0.15) is 0 Å². The molecule has 116 valence electrons. The van der Waals surface area contributed by atoms with Gasteiger partial charge >= 0.3 is 0 Å². The van der Waals surface area contributed by atoms with Crippen LogP contribution >= 0.6 is 11.3 Å². The Kier molecular flexibility index (Phi) is 3.52. The summed E-state index contributed by atoms with van der Waals surface area (Å²) in [4.78, 5) is 12.5. The first-order chi connectivity index (χ1) is 10.3. The van der Waals surface area contributed by atoms with Crippen molar-refractivity contribution in [2.45, 2.75) is 38.8 Å². The predicted octanol–water partition coefficient (Wildman–Crippen LogP) is 2.11. The highest BCUT2D eigenvalue weighted by Crippen LogP contribution is 2.30. The summed E-state index contributed by atoms with van der Waals surface area (Å²) >= 11 is 1.27. The Balaban J connectivity index is 1.79. The van der Waals surface area contributed by atoms with Gasteiger partial charge in [0.15, 0.2) is 0 Å². The van der Waals surface area contributed by atoms with Gasteiger partial charge in [-0.25, -0.2) is 0 Å². The standard InChI is InChI=1S/C15H18N4O2S/c1-8-6-10-7-9(4-5-11(10)21-8)12(20)17-15(2,3)13-18-19-14(16)22-13/h4-5,7-8H,6H2,1-3H3,(H2,16,19)(H,17,20)/t8-/m0/s1. The predicted molar refractivity (Wildman–Crippen MR) is 85.0 cm³/mol. The number of nitrogens with two attached hydrogens (primary N) is 1. The molecule has 1 atom stereocenters. The molecule has 0 spiro atoms. The molecule has 1 aliphatic rings. The Morgan fingerprint density at radius 3 is 2.91 bits per heavy atom. The normalized spacial score (nSPS) is 17.0. The molecule has 1 aromatic carbocycles. The van der Waals surface area contributed by atoms with Crippen molar-refractivity contribution in [3.63, 3.8) is 0 Å². The lowest BCUT2D eigenvalue weighted by atomic mass is 10.0. The summed E-state index contributed by atoms with van der Waals surface area (Å²) in [5.74, 6) is 0.710. The quantitative estimate of drug-likeness (QED) is 0.904. The Labute approximate surface area is 132 Å². The molecule has 0 saturated carbocycles. The Hall–Kier alpha value is -2.15. The number of nitrogen functional groups attached to an aromatic ring is 1. The molecule has 0 radical (unpaired) electrons. The minimum absolute atomic E-state index is 0.152. The number of ether oxygens (including phenoxy) is 1. The molecule has 3 N–H and O–H groups in total. The van der Waals surface area contributed by atoms with Crippen LogP contribution in [0.5, 0.6) is 5.75 Å². The van der Waals surface area contributed by atoms with Crippen LogP contribution in [0.4, 0.5) is 5.13 Å². The Bertz CT molecular complexity index is 726. The van der Waals surface area contributed by atoms with Gasteiger partial charge in [-0.05, 0) is 44.5 Å². The van der Waals surface area contributed by atoms with Gasteiger partial charge in [0.25, 0.3) is 5.91 Å². The largest absolute Gasteiger partial charge is 0.490 e. The number of aromatic nitrogens is 2. The molecule has 2 heterocycles. The van der Waals surface area contributed by atoms with E-state index >= 15 is 0 Å².